The van der Waals surface area contributed by atoms with Crippen LogP contribution in [0.15, 0.2) is 0 Å². The first-order chi connectivity index (χ1) is 9.06. The predicted octanol–water partition coefficient (Wildman–Crippen LogP) is 2.38. The lowest BCUT2D eigenvalue weighted by Gasteiger charge is -2.37. The van der Waals surface area contributed by atoms with Gasteiger partial charge in [0.1, 0.15) is 5.41 Å². The van der Waals surface area contributed by atoms with Crippen LogP contribution >= 0.6 is 0 Å². The summed E-state index contributed by atoms with van der Waals surface area (Å²) in [4.78, 5) is 14.0. The summed E-state index contributed by atoms with van der Waals surface area (Å²) >= 11 is 0. The lowest BCUT2D eigenvalue weighted by Crippen LogP contribution is -2.48. The zero-order chi connectivity index (χ0) is 13.9. The Labute approximate surface area is 116 Å². The first kappa shape index (κ1) is 14.8. The van der Waals surface area contributed by atoms with Gasteiger partial charge in [-0.2, -0.15) is 0 Å². The standard InChI is InChI=1S/C15H27NO3/c1-3-14(4-2)7-8-16(10-14)11-15(13(17)18)6-5-9-19-12-15/h3-12H2,1-2H3,(H,17,18). The van der Waals surface area contributed by atoms with Crippen molar-refractivity contribution in [2.45, 2.75) is 46.0 Å². The van der Waals surface area contributed by atoms with Crippen LogP contribution in [0.2, 0.25) is 0 Å². The van der Waals surface area contributed by atoms with Crippen LogP contribution in [-0.4, -0.2) is 48.8 Å². The summed E-state index contributed by atoms with van der Waals surface area (Å²) in [5.74, 6) is -0.683. The maximum Gasteiger partial charge on any atom is 0.313 e. The van der Waals surface area contributed by atoms with Crippen LogP contribution in [0.25, 0.3) is 0 Å². The number of nitrogens with zero attached hydrogens (tertiary/aromatic N) is 1. The first-order valence-electron chi connectivity index (χ1n) is 7.59. The molecule has 1 atom stereocenters. The van der Waals surface area contributed by atoms with E-state index < -0.39 is 11.4 Å². The molecule has 0 aromatic heterocycles. The number of likely N-dealkylation sites (tertiary alicyclic amines) is 1. The van der Waals surface area contributed by atoms with Gasteiger partial charge in [0.2, 0.25) is 0 Å². The molecule has 1 unspecified atom stereocenters. The van der Waals surface area contributed by atoms with E-state index in [1.165, 1.54) is 19.3 Å². The van der Waals surface area contributed by atoms with Crippen molar-refractivity contribution in [2.75, 3.05) is 32.8 Å². The second-order valence-electron chi connectivity index (χ2n) is 6.41. The molecule has 0 spiro atoms. The van der Waals surface area contributed by atoms with Crippen molar-refractivity contribution < 1.29 is 14.6 Å². The Kier molecular flexibility index (Phi) is 4.51. The molecule has 0 aromatic carbocycles. The molecule has 1 N–H and O–H groups in total. The van der Waals surface area contributed by atoms with Crippen LogP contribution in [0.1, 0.15) is 46.0 Å². The molecule has 0 aliphatic carbocycles. The number of aliphatic carboxylic acids is 1. The number of ether oxygens (including phenoxy) is 1. The molecule has 4 nitrogen and oxygen atoms in total. The minimum absolute atomic E-state index is 0.379. The van der Waals surface area contributed by atoms with E-state index in [1.54, 1.807) is 0 Å². The van der Waals surface area contributed by atoms with Gasteiger partial charge >= 0.3 is 5.97 Å². The van der Waals surface area contributed by atoms with Gasteiger partial charge in [-0.1, -0.05) is 13.8 Å². The highest BCUT2D eigenvalue weighted by Crippen LogP contribution is 2.39. The molecule has 2 aliphatic rings. The second-order valence-corrected chi connectivity index (χ2v) is 6.41. The molecular formula is C15H27NO3. The zero-order valence-corrected chi connectivity index (χ0v) is 12.3. The second kappa shape index (κ2) is 5.80. The summed E-state index contributed by atoms with van der Waals surface area (Å²) in [5.41, 5.74) is -0.259. The van der Waals surface area contributed by atoms with Crippen LogP contribution in [-0.2, 0) is 9.53 Å². The van der Waals surface area contributed by atoms with Gasteiger partial charge in [0.15, 0.2) is 0 Å². The van der Waals surface area contributed by atoms with Gasteiger partial charge in [0, 0.05) is 19.7 Å². The van der Waals surface area contributed by atoms with E-state index in [1.807, 2.05) is 0 Å². The van der Waals surface area contributed by atoms with Crippen molar-refractivity contribution >= 4 is 5.97 Å². The van der Waals surface area contributed by atoms with E-state index in [0.717, 1.165) is 25.9 Å². The van der Waals surface area contributed by atoms with E-state index in [0.29, 0.717) is 25.2 Å². The maximum atomic E-state index is 11.7. The summed E-state index contributed by atoms with van der Waals surface area (Å²) in [6, 6.07) is 0. The van der Waals surface area contributed by atoms with Crippen LogP contribution in [0, 0.1) is 10.8 Å². The molecule has 110 valence electrons. The zero-order valence-electron chi connectivity index (χ0n) is 12.3. The normalized spacial score (nSPS) is 31.5. The van der Waals surface area contributed by atoms with Gasteiger partial charge < -0.3 is 14.7 Å². The molecule has 0 amide bonds. The van der Waals surface area contributed by atoms with Gasteiger partial charge in [-0.3, -0.25) is 4.79 Å². The van der Waals surface area contributed by atoms with Crippen molar-refractivity contribution in [1.29, 1.82) is 0 Å². The third-order valence-corrected chi connectivity index (χ3v) is 5.32. The van der Waals surface area contributed by atoms with Crippen LogP contribution in [0.4, 0.5) is 0 Å². The fraction of sp³-hybridized carbons (Fsp3) is 0.933. The number of carboxylic acids is 1. The van der Waals surface area contributed by atoms with Crippen molar-refractivity contribution in [3.8, 4) is 0 Å². The Bertz CT molecular complexity index is 319. The van der Waals surface area contributed by atoms with Crippen molar-refractivity contribution in [2.24, 2.45) is 10.8 Å². The number of carbonyl (C=O) groups is 1. The largest absolute Gasteiger partial charge is 0.481 e. The fourth-order valence-electron chi connectivity index (χ4n) is 3.63. The van der Waals surface area contributed by atoms with Crippen molar-refractivity contribution in [1.82, 2.24) is 4.90 Å². The van der Waals surface area contributed by atoms with Gasteiger partial charge in [0.05, 0.1) is 6.61 Å². The predicted molar refractivity (Wildman–Crippen MR) is 74.2 cm³/mol. The highest BCUT2D eigenvalue weighted by atomic mass is 16.5. The molecule has 0 aromatic rings. The van der Waals surface area contributed by atoms with Crippen LogP contribution < -0.4 is 0 Å². The summed E-state index contributed by atoms with van der Waals surface area (Å²) in [6.45, 7) is 8.34. The monoisotopic (exact) mass is 269 g/mol. The van der Waals surface area contributed by atoms with Crippen molar-refractivity contribution in [3.63, 3.8) is 0 Å². The Balaban J connectivity index is 2.01. The fourth-order valence-corrected chi connectivity index (χ4v) is 3.63. The Hall–Kier alpha value is -0.610. The average molecular weight is 269 g/mol. The molecule has 19 heavy (non-hydrogen) atoms. The molecule has 2 aliphatic heterocycles. The van der Waals surface area contributed by atoms with E-state index >= 15 is 0 Å². The Morgan fingerprint density at radius 1 is 1.32 bits per heavy atom. The van der Waals surface area contributed by atoms with Crippen molar-refractivity contribution in [3.05, 3.63) is 0 Å². The average Bonchev–Trinajstić information content (AvgIpc) is 2.83. The lowest BCUT2D eigenvalue weighted by atomic mass is 9.81. The van der Waals surface area contributed by atoms with Gasteiger partial charge in [-0.05, 0) is 44.1 Å². The Morgan fingerprint density at radius 3 is 2.53 bits per heavy atom. The molecular weight excluding hydrogens is 242 g/mol. The van der Waals surface area contributed by atoms with Crippen LogP contribution in [0.3, 0.4) is 0 Å². The molecule has 2 heterocycles. The molecule has 2 fully saturated rings. The summed E-state index contributed by atoms with van der Waals surface area (Å²) in [5, 5.41) is 9.59. The van der Waals surface area contributed by atoms with Gasteiger partial charge in [-0.25, -0.2) is 0 Å². The molecule has 4 heteroatoms. The summed E-state index contributed by atoms with van der Waals surface area (Å²) in [6.07, 6.45) is 5.21. The highest BCUT2D eigenvalue weighted by molar-refractivity contribution is 5.75. The number of rotatable bonds is 5. The summed E-state index contributed by atoms with van der Waals surface area (Å²) < 4.78 is 5.45. The number of hydrogen-bond donors (Lipinski definition) is 1. The van der Waals surface area contributed by atoms with E-state index in [4.69, 9.17) is 4.74 Å². The highest BCUT2D eigenvalue weighted by Gasteiger charge is 2.45. The molecule has 0 radical (unpaired) electrons. The van der Waals surface area contributed by atoms with E-state index in [2.05, 4.69) is 18.7 Å². The van der Waals surface area contributed by atoms with E-state index in [-0.39, 0.29) is 0 Å². The molecule has 0 bridgehead atoms. The topological polar surface area (TPSA) is 49.8 Å². The van der Waals surface area contributed by atoms with Crippen LogP contribution in [0.5, 0.6) is 0 Å². The molecule has 2 rings (SSSR count). The van der Waals surface area contributed by atoms with Gasteiger partial charge in [0.25, 0.3) is 0 Å². The minimum atomic E-state index is -0.683. The maximum absolute atomic E-state index is 11.7. The third-order valence-electron chi connectivity index (χ3n) is 5.32. The number of carboxylic acid groups (broad SMARTS) is 1. The number of hydrogen-bond acceptors (Lipinski definition) is 3. The lowest BCUT2D eigenvalue weighted by molar-refractivity contribution is -0.159. The van der Waals surface area contributed by atoms with E-state index in [9.17, 15) is 9.90 Å². The summed E-state index contributed by atoms with van der Waals surface area (Å²) in [7, 11) is 0. The van der Waals surface area contributed by atoms with Gasteiger partial charge in [-0.15, -0.1) is 0 Å². The Morgan fingerprint density at radius 2 is 2.05 bits per heavy atom. The minimum Gasteiger partial charge on any atom is -0.481 e. The smallest absolute Gasteiger partial charge is 0.313 e. The third kappa shape index (κ3) is 2.95. The first-order valence-corrected chi connectivity index (χ1v) is 7.59. The molecule has 0 saturated carbocycles. The SMILES string of the molecule is CCC1(CC)CCN(CC2(C(=O)O)CCCOC2)C1. The molecule has 2 saturated heterocycles. The quantitative estimate of drug-likeness (QED) is 0.832.